The third kappa shape index (κ3) is 29.1. The van der Waals surface area contributed by atoms with Crippen molar-refractivity contribution in [3.05, 3.63) is 36.5 Å². The van der Waals surface area contributed by atoms with Crippen molar-refractivity contribution >= 4 is 11.9 Å². The molecule has 5 nitrogen and oxygen atoms in total. The molecule has 1 unspecified atom stereocenters. The van der Waals surface area contributed by atoms with Crippen molar-refractivity contribution < 1.29 is 24.2 Å². The summed E-state index contributed by atoms with van der Waals surface area (Å²) in [7, 11) is 0. The molecule has 1 N–H and O–H groups in total. The molecule has 0 bridgehead atoms. The van der Waals surface area contributed by atoms with Crippen LogP contribution in [0.4, 0.5) is 0 Å². The zero-order valence-electron chi connectivity index (χ0n) is 26.1. The van der Waals surface area contributed by atoms with Crippen LogP contribution in [-0.4, -0.2) is 36.4 Å². The summed E-state index contributed by atoms with van der Waals surface area (Å²) in [5, 5.41) is 9.49. The Hall–Kier alpha value is -1.88. The first-order chi connectivity index (χ1) is 19.6. The molecule has 5 heteroatoms. The average Bonchev–Trinajstić information content (AvgIpc) is 2.96. The lowest BCUT2D eigenvalue weighted by atomic mass is 10.0. The van der Waals surface area contributed by atoms with Gasteiger partial charge in [0.1, 0.15) is 6.61 Å². The number of allylic oxidation sites excluding steroid dienone is 6. The molecular weight excluding hydrogens is 500 g/mol. The lowest BCUT2D eigenvalue weighted by molar-refractivity contribution is -0.161. The summed E-state index contributed by atoms with van der Waals surface area (Å²) in [6.45, 7) is 3.98. The number of unbranched alkanes of at least 4 members (excludes halogenated alkanes) is 15. The van der Waals surface area contributed by atoms with Crippen LogP contribution in [0.3, 0.4) is 0 Å². The number of carbonyl (C=O) groups is 2. The van der Waals surface area contributed by atoms with Crippen molar-refractivity contribution in [1.29, 1.82) is 0 Å². The van der Waals surface area contributed by atoms with Crippen molar-refractivity contribution in [2.75, 3.05) is 13.2 Å². The summed E-state index contributed by atoms with van der Waals surface area (Å²) in [5.41, 5.74) is 0. The SMILES string of the molecule is CC/C=C\C/C=C\C/C=C\CCCCCC(=O)OC(CO)COC(=O)CCCCCCCCCCCCCCC. The van der Waals surface area contributed by atoms with Crippen LogP contribution in [-0.2, 0) is 19.1 Å². The summed E-state index contributed by atoms with van der Waals surface area (Å²) >= 11 is 0. The standard InChI is InChI=1S/C35H62O5/c1-3-5-7-9-11-13-15-17-19-21-23-25-27-29-34(37)39-32-33(31-36)40-35(38)30-28-26-24-22-20-18-16-14-12-10-8-6-4-2/h6,8,12,14,18,20,33,36H,3-5,7,9-11,13,15-17,19,21-32H2,1-2H3/b8-6-,14-12-,20-18-. The first-order valence-electron chi connectivity index (χ1n) is 16.5. The molecule has 0 aromatic heterocycles. The predicted octanol–water partition coefficient (Wildman–Crippen LogP) is 9.72. The maximum atomic E-state index is 12.1. The van der Waals surface area contributed by atoms with Gasteiger partial charge in [0, 0.05) is 12.8 Å². The van der Waals surface area contributed by atoms with E-state index in [0.29, 0.717) is 12.8 Å². The topological polar surface area (TPSA) is 72.8 Å². The van der Waals surface area contributed by atoms with Crippen LogP contribution in [0.25, 0.3) is 0 Å². The number of aliphatic hydroxyl groups excluding tert-OH is 1. The molecular formula is C35H62O5. The minimum atomic E-state index is -0.781. The Bertz CT molecular complexity index is 652. The highest BCUT2D eigenvalue weighted by molar-refractivity contribution is 5.70. The zero-order valence-corrected chi connectivity index (χ0v) is 26.1. The molecule has 0 aliphatic rings. The Labute approximate surface area is 246 Å². The van der Waals surface area contributed by atoms with Crippen molar-refractivity contribution in [2.45, 2.75) is 161 Å². The summed E-state index contributed by atoms with van der Waals surface area (Å²) in [5.74, 6) is -0.626. The fourth-order valence-corrected chi connectivity index (χ4v) is 4.45. The molecule has 0 saturated carbocycles. The molecule has 232 valence electrons. The zero-order chi connectivity index (χ0) is 29.4. The second-order valence-electron chi connectivity index (χ2n) is 10.9. The predicted molar refractivity (Wildman–Crippen MR) is 168 cm³/mol. The highest BCUT2D eigenvalue weighted by Gasteiger charge is 2.16. The fourth-order valence-electron chi connectivity index (χ4n) is 4.45. The highest BCUT2D eigenvalue weighted by atomic mass is 16.6. The van der Waals surface area contributed by atoms with E-state index in [9.17, 15) is 14.7 Å². The lowest BCUT2D eigenvalue weighted by Crippen LogP contribution is -2.28. The Morgan fingerprint density at radius 3 is 1.62 bits per heavy atom. The number of esters is 2. The van der Waals surface area contributed by atoms with Crippen LogP contribution in [0, 0.1) is 0 Å². The van der Waals surface area contributed by atoms with Crippen LogP contribution >= 0.6 is 0 Å². The first-order valence-corrected chi connectivity index (χ1v) is 16.5. The van der Waals surface area contributed by atoms with Gasteiger partial charge >= 0.3 is 11.9 Å². The van der Waals surface area contributed by atoms with E-state index in [4.69, 9.17) is 9.47 Å². The molecule has 0 spiro atoms. The summed E-state index contributed by atoms with van der Waals surface area (Å²) < 4.78 is 10.5. The second kappa shape index (κ2) is 31.6. The second-order valence-corrected chi connectivity index (χ2v) is 10.9. The number of ether oxygens (including phenoxy) is 2. The van der Waals surface area contributed by atoms with E-state index in [-0.39, 0.29) is 25.2 Å². The lowest BCUT2D eigenvalue weighted by Gasteiger charge is -2.15. The van der Waals surface area contributed by atoms with Crippen molar-refractivity contribution in [3.63, 3.8) is 0 Å². The van der Waals surface area contributed by atoms with E-state index >= 15 is 0 Å². The van der Waals surface area contributed by atoms with Gasteiger partial charge in [-0.1, -0.05) is 134 Å². The first kappa shape index (κ1) is 38.1. The van der Waals surface area contributed by atoms with Crippen molar-refractivity contribution in [2.24, 2.45) is 0 Å². The monoisotopic (exact) mass is 562 g/mol. The summed E-state index contributed by atoms with van der Waals surface area (Å²) in [6, 6.07) is 0. The maximum absolute atomic E-state index is 12.1. The van der Waals surface area contributed by atoms with Gasteiger partial charge in [-0.25, -0.2) is 0 Å². The molecule has 0 radical (unpaired) electrons. The van der Waals surface area contributed by atoms with Gasteiger partial charge in [0.15, 0.2) is 6.10 Å². The third-order valence-electron chi connectivity index (χ3n) is 6.95. The van der Waals surface area contributed by atoms with Crippen molar-refractivity contribution in [3.8, 4) is 0 Å². The molecule has 1 atom stereocenters. The summed E-state index contributed by atoms with van der Waals surface area (Å²) in [6.07, 6.45) is 36.2. The number of hydrogen-bond donors (Lipinski definition) is 1. The van der Waals surface area contributed by atoms with Gasteiger partial charge in [-0.15, -0.1) is 0 Å². The van der Waals surface area contributed by atoms with Crippen LogP contribution < -0.4 is 0 Å². The molecule has 0 aliphatic carbocycles. The largest absolute Gasteiger partial charge is 0.462 e. The highest BCUT2D eigenvalue weighted by Crippen LogP contribution is 2.13. The number of aliphatic hydroxyl groups is 1. The fraction of sp³-hybridized carbons (Fsp3) is 0.771. The van der Waals surface area contributed by atoms with Crippen molar-refractivity contribution in [1.82, 2.24) is 0 Å². The molecule has 0 saturated heterocycles. The maximum Gasteiger partial charge on any atom is 0.306 e. The van der Waals surface area contributed by atoms with E-state index in [1.807, 2.05) is 0 Å². The Morgan fingerprint density at radius 1 is 0.600 bits per heavy atom. The molecule has 0 heterocycles. The van der Waals surface area contributed by atoms with Gasteiger partial charge in [0.05, 0.1) is 6.61 Å². The van der Waals surface area contributed by atoms with E-state index < -0.39 is 6.10 Å². The van der Waals surface area contributed by atoms with Crippen LogP contribution in [0.15, 0.2) is 36.5 Å². The minimum Gasteiger partial charge on any atom is -0.462 e. The molecule has 0 aromatic carbocycles. The van der Waals surface area contributed by atoms with Gasteiger partial charge in [-0.05, 0) is 44.9 Å². The van der Waals surface area contributed by atoms with Gasteiger partial charge < -0.3 is 14.6 Å². The van der Waals surface area contributed by atoms with E-state index in [1.165, 1.54) is 64.2 Å². The van der Waals surface area contributed by atoms with Crippen LogP contribution in [0.5, 0.6) is 0 Å². The molecule has 0 amide bonds. The van der Waals surface area contributed by atoms with Gasteiger partial charge in [0.2, 0.25) is 0 Å². The smallest absolute Gasteiger partial charge is 0.306 e. The normalized spacial score (nSPS) is 12.6. The van der Waals surface area contributed by atoms with Gasteiger partial charge in [0.25, 0.3) is 0 Å². The number of hydrogen-bond acceptors (Lipinski definition) is 5. The van der Waals surface area contributed by atoms with E-state index in [2.05, 4.69) is 50.3 Å². The van der Waals surface area contributed by atoms with Gasteiger partial charge in [-0.3, -0.25) is 9.59 Å². The Balaban J connectivity index is 3.63. The molecule has 40 heavy (non-hydrogen) atoms. The Kier molecular flexibility index (Phi) is 30.2. The molecule has 0 aromatic rings. The minimum absolute atomic E-state index is 0.0757. The van der Waals surface area contributed by atoms with Crippen LogP contribution in [0.1, 0.15) is 155 Å². The number of carbonyl (C=O) groups excluding carboxylic acids is 2. The molecule has 0 aliphatic heterocycles. The van der Waals surface area contributed by atoms with Gasteiger partial charge in [-0.2, -0.15) is 0 Å². The summed E-state index contributed by atoms with van der Waals surface area (Å²) in [4.78, 5) is 24.1. The third-order valence-corrected chi connectivity index (χ3v) is 6.95. The Morgan fingerprint density at radius 2 is 1.07 bits per heavy atom. The average molecular weight is 563 g/mol. The van der Waals surface area contributed by atoms with E-state index in [0.717, 1.165) is 64.2 Å². The molecule has 0 fully saturated rings. The molecule has 0 rings (SSSR count). The van der Waals surface area contributed by atoms with Crippen LogP contribution in [0.2, 0.25) is 0 Å². The quantitative estimate of drug-likeness (QED) is 0.0558. The number of rotatable bonds is 29. The van der Waals surface area contributed by atoms with E-state index in [1.54, 1.807) is 0 Å².